The van der Waals surface area contributed by atoms with Crippen molar-refractivity contribution in [2.45, 2.75) is 25.0 Å². The maximum Gasteiger partial charge on any atom is 0.227 e. The molecule has 1 aliphatic carbocycles. The molecule has 2 atom stereocenters. The lowest BCUT2D eigenvalue weighted by molar-refractivity contribution is -0.120. The molecule has 0 fully saturated rings. The molecule has 1 aliphatic rings. The highest BCUT2D eigenvalue weighted by molar-refractivity contribution is 7.84. The smallest absolute Gasteiger partial charge is 0.227 e. The van der Waals surface area contributed by atoms with Crippen molar-refractivity contribution in [3.8, 4) is 0 Å². The average Bonchev–Trinajstić information content (AvgIpc) is 2.54. The Labute approximate surface area is 134 Å². The lowest BCUT2D eigenvalue weighted by Gasteiger charge is -2.17. The summed E-state index contributed by atoms with van der Waals surface area (Å²) in [5, 5.41) is 2.97. The van der Waals surface area contributed by atoms with E-state index in [2.05, 4.69) is 17.5 Å². The van der Waals surface area contributed by atoms with Gasteiger partial charge in [-0.05, 0) is 37.0 Å². The molecule has 120 valence electrons. The van der Waals surface area contributed by atoms with Crippen LogP contribution in [0.15, 0.2) is 36.4 Å². The third-order valence-corrected chi connectivity index (χ3v) is 4.95. The zero-order valence-corrected chi connectivity index (χ0v) is 13.7. The number of methoxy groups -OCH3 is 1. The number of hydrogen-bond donors (Lipinski definition) is 1. The highest BCUT2D eigenvalue weighted by Crippen LogP contribution is 2.21. The number of carbonyl (C=O) groups is 1. The van der Waals surface area contributed by atoms with E-state index in [1.165, 1.54) is 0 Å². The maximum atomic E-state index is 12.2. The summed E-state index contributed by atoms with van der Waals surface area (Å²) in [5.41, 5.74) is 1.75. The Hall–Kier alpha value is -1.46. The number of benzene rings is 1. The van der Waals surface area contributed by atoms with Gasteiger partial charge in [0.1, 0.15) is 0 Å². The highest BCUT2D eigenvalue weighted by Gasteiger charge is 2.18. The fourth-order valence-corrected chi connectivity index (χ4v) is 3.50. The normalized spacial score (nSPS) is 18.9. The van der Waals surface area contributed by atoms with E-state index in [0.717, 1.165) is 30.5 Å². The summed E-state index contributed by atoms with van der Waals surface area (Å²) in [6.07, 6.45) is 6.88. The van der Waals surface area contributed by atoms with E-state index in [4.69, 9.17) is 4.74 Å². The van der Waals surface area contributed by atoms with Crippen LogP contribution in [0, 0.1) is 5.92 Å². The Morgan fingerprint density at radius 2 is 2.27 bits per heavy atom. The van der Waals surface area contributed by atoms with Crippen LogP contribution in [-0.4, -0.2) is 29.6 Å². The SMILES string of the molecule is COCC[S@](=O)Cc1cccc(NC(=O)[C@H]2CC=CCC2)c1. The molecule has 0 bridgehead atoms. The molecule has 22 heavy (non-hydrogen) atoms. The number of carbonyl (C=O) groups excluding carboxylic acids is 1. The van der Waals surface area contributed by atoms with Crippen LogP contribution < -0.4 is 5.32 Å². The van der Waals surface area contributed by atoms with Crippen LogP contribution in [-0.2, 0) is 26.1 Å². The van der Waals surface area contributed by atoms with Gasteiger partial charge in [-0.2, -0.15) is 0 Å². The van der Waals surface area contributed by atoms with E-state index in [9.17, 15) is 9.00 Å². The number of nitrogens with one attached hydrogen (secondary N) is 1. The number of hydrogen-bond acceptors (Lipinski definition) is 3. The molecule has 0 heterocycles. The number of allylic oxidation sites excluding steroid dienone is 2. The largest absolute Gasteiger partial charge is 0.384 e. The topological polar surface area (TPSA) is 55.4 Å². The highest BCUT2D eigenvalue weighted by atomic mass is 32.2. The maximum absolute atomic E-state index is 12.2. The van der Waals surface area contributed by atoms with E-state index in [1.807, 2.05) is 24.3 Å². The van der Waals surface area contributed by atoms with Gasteiger partial charge in [0.15, 0.2) is 0 Å². The molecule has 0 radical (unpaired) electrons. The minimum Gasteiger partial charge on any atom is -0.384 e. The van der Waals surface area contributed by atoms with Crippen molar-refractivity contribution in [1.82, 2.24) is 0 Å². The van der Waals surface area contributed by atoms with Crippen molar-refractivity contribution in [2.75, 3.05) is 24.8 Å². The van der Waals surface area contributed by atoms with Gasteiger partial charge in [0.25, 0.3) is 0 Å². The summed E-state index contributed by atoms with van der Waals surface area (Å²) in [7, 11) is 0.662. The van der Waals surface area contributed by atoms with Crippen molar-refractivity contribution in [1.29, 1.82) is 0 Å². The minimum atomic E-state index is -0.943. The molecule has 0 aliphatic heterocycles. The van der Waals surface area contributed by atoms with Crippen LogP contribution >= 0.6 is 0 Å². The first-order valence-electron chi connectivity index (χ1n) is 7.57. The van der Waals surface area contributed by atoms with Crippen molar-refractivity contribution in [3.63, 3.8) is 0 Å². The summed E-state index contributed by atoms with van der Waals surface area (Å²) in [5.74, 6) is 1.15. The predicted molar refractivity (Wildman–Crippen MR) is 90.1 cm³/mol. The lowest BCUT2D eigenvalue weighted by atomic mass is 9.93. The van der Waals surface area contributed by atoms with E-state index < -0.39 is 10.8 Å². The molecule has 0 spiro atoms. The van der Waals surface area contributed by atoms with Crippen LogP contribution in [0.4, 0.5) is 5.69 Å². The molecule has 4 nitrogen and oxygen atoms in total. The molecule has 1 N–H and O–H groups in total. The molecule has 5 heteroatoms. The molecule has 1 aromatic carbocycles. The molecule has 1 amide bonds. The van der Waals surface area contributed by atoms with Crippen LogP contribution in [0.3, 0.4) is 0 Å². The van der Waals surface area contributed by atoms with Gasteiger partial charge in [0, 0.05) is 41.0 Å². The number of anilines is 1. The first-order chi connectivity index (χ1) is 10.7. The zero-order valence-electron chi connectivity index (χ0n) is 12.9. The Balaban J connectivity index is 1.91. The Morgan fingerprint density at radius 3 is 3.00 bits per heavy atom. The number of rotatable bonds is 7. The Kier molecular flexibility index (Phi) is 6.80. The van der Waals surface area contributed by atoms with Crippen LogP contribution in [0.2, 0.25) is 0 Å². The quantitative estimate of drug-likeness (QED) is 0.786. The second kappa shape index (κ2) is 8.86. The average molecular weight is 321 g/mol. The first-order valence-corrected chi connectivity index (χ1v) is 9.06. The molecular formula is C17H23NO3S. The standard InChI is InChI=1S/C17H23NO3S/c1-21-10-11-22(20)13-14-6-5-9-16(12-14)18-17(19)15-7-3-2-4-8-15/h2-3,5-6,9,12,15H,4,7-8,10-11,13H2,1H3,(H,18,19)/t15-,22-/m0/s1. The summed E-state index contributed by atoms with van der Waals surface area (Å²) in [6.45, 7) is 0.498. The van der Waals surface area contributed by atoms with E-state index in [-0.39, 0.29) is 11.8 Å². The Bertz CT molecular complexity index is 557. The monoisotopic (exact) mass is 321 g/mol. The molecular weight excluding hydrogens is 298 g/mol. The van der Waals surface area contributed by atoms with Crippen LogP contribution in [0.1, 0.15) is 24.8 Å². The fraction of sp³-hybridized carbons (Fsp3) is 0.471. The van der Waals surface area contributed by atoms with Gasteiger partial charge >= 0.3 is 0 Å². The zero-order chi connectivity index (χ0) is 15.8. The van der Waals surface area contributed by atoms with Gasteiger partial charge in [-0.1, -0.05) is 24.3 Å². The fourth-order valence-electron chi connectivity index (χ4n) is 2.45. The van der Waals surface area contributed by atoms with Crippen molar-refractivity contribution < 1.29 is 13.7 Å². The third kappa shape index (κ3) is 5.39. The van der Waals surface area contributed by atoms with Gasteiger partial charge in [-0.25, -0.2) is 0 Å². The van der Waals surface area contributed by atoms with Gasteiger partial charge in [-0.3, -0.25) is 9.00 Å². The first kappa shape index (κ1) is 16.9. The van der Waals surface area contributed by atoms with Crippen molar-refractivity contribution >= 4 is 22.4 Å². The molecule has 1 aromatic rings. The molecule has 0 aromatic heterocycles. The van der Waals surface area contributed by atoms with Gasteiger partial charge in [0.2, 0.25) is 5.91 Å². The van der Waals surface area contributed by atoms with Crippen molar-refractivity contribution in [2.24, 2.45) is 5.92 Å². The Morgan fingerprint density at radius 1 is 1.41 bits per heavy atom. The summed E-state index contributed by atoms with van der Waals surface area (Å²) in [6, 6.07) is 7.60. The third-order valence-electron chi connectivity index (χ3n) is 3.68. The van der Waals surface area contributed by atoms with Crippen LogP contribution in [0.5, 0.6) is 0 Å². The summed E-state index contributed by atoms with van der Waals surface area (Å²) < 4.78 is 16.8. The molecule has 0 unspecified atom stereocenters. The van der Waals surface area contributed by atoms with E-state index >= 15 is 0 Å². The summed E-state index contributed by atoms with van der Waals surface area (Å²) >= 11 is 0. The second-order valence-electron chi connectivity index (χ2n) is 5.45. The summed E-state index contributed by atoms with van der Waals surface area (Å²) in [4.78, 5) is 12.2. The van der Waals surface area contributed by atoms with E-state index in [1.54, 1.807) is 7.11 Å². The molecule has 0 saturated carbocycles. The minimum absolute atomic E-state index is 0.0597. The van der Waals surface area contributed by atoms with Gasteiger partial charge < -0.3 is 10.1 Å². The van der Waals surface area contributed by atoms with Crippen LogP contribution in [0.25, 0.3) is 0 Å². The molecule has 2 rings (SSSR count). The van der Waals surface area contributed by atoms with Gasteiger partial charge in [0.05, 0.1) is 6.61 Å². The second-order valence-corrected chi connectivity index (χ2v) is 7.03. The lowest BCUT2D eigenvalue weighted by Crippen LogP contribution is -2.23. The predicted octanol–water partition coefficient (Wildman–Crippen LogP) is 2.88. The van der Waals surface area contributed by atoms with Gasteiger partial charge in [-0.15, -0.1) is 0 Å². The number of ether oxygens (including phenoxy) is 1. The van der Waals surface area contributed by atoms with Crippen molar-refractivity contribution in [3.05, 3.63) is 42.0 Å². The van der Waals surface area contributed by atoms with E-state index in [0.29, 0.717) is 18.1 Å². The number of amides is 1. The molecule has 0 saturated heterocycles.